The highest BCUT2D eigenvalue weighted by molar-refractivity contribution is 9.10. The Morgan fingerprint density at radius 3 is 2.78 bits per heavy atom. The fraction of sp³-hybridized carbons (Fsp3) is 0.385. The molecule has 5 heteroatoms. The Kier molecular flexibility index (Phi) is 3.87. The molecule has 1 aromatic rings. The average Bonchev–Trinajstić information content (AvgIpc) is 2.33. The molecule has 0 saturated carbocycles. The number of nitrogens with zero attached hydrogens (tertiary/aromatic N) is 2. The van der Waals surface area contributed by atoms with Crippen LogP contribution in [0.5, 0.6) is 0 Å². The van der Waals surface area contributed by atoms with Gasteiger partial charge in [-0.3, -0.25) is 4.79 Å². The average molecular weight is 308 g/mol. The summed E-state index contributed by atoms with van der Waals surface area (Å²) in [5.41, 5.74) is 0.972. The maximum absolute atomic E-state index is 11.9. The van der Waals surface area contributed by atoms with Crippen LogP contribution >= 0.6 is 15.9 Å². The van der Waals surface area contributed by atoms with Gasteiger partial charge in [-0.2, -0.15) is 5.26 Å². The van der Waals surface area contributed by atoms with Crippen LogP contribution in [0.25, 0.3) is 0 Å². The van der Waals surface area contributed by atoms with E-state index in [-0.39, 0.29) is 18.4 Å². The summed E-state index contributed by atoms with van der Waals surface area (Å²) in [7, 11) is 0. The van der Waals surface area contributed by atoms with E-state index < -0.39 is 6.04 Å². The van der Waals surface area contributed by atoms with Crippen molar-refractivity contribution in [1.29, 1.82) is 5.26 Å². The Labute approximate surface area is 115 Å². The number of amides is 1. The zero-order valence-electron chi connectivity index (χ0n) is 10.1. The molecule has 1 N–H and O–H groups in total. The summed E-state index contributed by atoms with van der Waals surface area (Å²) in [6, 6.07) is 9.58. The van der Waals surface area contributed by atoms with Crippen LogP contribution in [0.4, 0.5) is 5.69 Å². The van der Waals surface area contributed by atoms with E-state index in [1.54, 1.807) is 0 Å². The quantitative estimate of drug-likeness (QED) is 0.910. The number of carbonyl (C=O) groups is 1. The lowest BCUT2D eigenvalue weighted by Crippen LogP contribution is -2.59. The second-order valence-corrected chi connectivity index (χ2v) is 5.33. The number of halogens is 1. The molecular formula is C13H14BrN3O. The van der Waals surface area contributed by atoms with Crippen LogP contribution in [0.1, 0.15) is 13.3 Å². The molecule has 2 rings (SSSR count). The molecule has 2 atom stereocenters. The van der Waals surface area contributed by atoms with Crippen LogP contribution < -0.4 is 10.2 Å². The summed E-state index contributed by atoms with van der Waals surface area (Å²) in [6.45, 7) is 2.69. The number of benzene rings is 1. The molecule has 0 bridgehead atoms. The molecule has 0 spiro atoms. The summed E-state index contributed by atoms with van der Waals surface area (Å²) in [5, 5.41) is 11.7. The first-order chi connectivity index (χ1) is 8.61. The molecule has 1 amide bonds. The molecule has 0 aromatic heterocycles. The number of nitrogens with one attached hydrogen (secondary N) is 1. The molecule has 4 nitrogen and oxygen atoms in total. The summed E-state index contributed by atoms with van der Waals surface area (Å²) in [5.74, 6) is -0.0711. The van der Waals surface area contributed by atoms with Gasteiger partial charge in [0, 0.05) is 22.7 Å². The smallest absolute Gasteiger partial charge is 0.244 e. The normalized spacial score (nSPS) is 23.4. The second kappa shape index (κ2) is 5.40. The summed E-state index contributed by atoms with van der Waals surface area (Å²) >= 11 is 3.39. The van der Waals surface area contributed by atoms with Gasteiger partial charge >= 0.3 is 0 Å². The maximum atomic E-state index is 11.9. The highest BCUT2D eigenvalue weighted by atomic mass is 79.9. The van der Waals surface area contributed by atoms with Gasteiger partial charge in [-0.25, -0.2) is 0 Å². The van der Waals surface area contributed by atoms with E-state index in [0.29, 0.717) is 0 Å². The Balaban J connectivity index is 2.29. The van der Waals surface area contributed by atoms with Crippen molar-refractivity contribution in [2.24, 2.45) is 0 Å². The molecule has 0 aliphatic carbocycles. The van der Waals surface area contributed by atoms with Crippen molar-refractivity contribution in [3.8, 4) is 6.07 Å². The van der Waals surface area contributed by atoms with Crippen LogP contribution in [-0.2, 0) is 4.79 Å². The molecule has 1 fully saturated rings. The monoisotopic (exact) mass is 307 g/mol. The number of hydrogen-bond acceptors (Lipinski definition) is 3. The summed E-state index contributed by atoms with van der Waals surface area (Å²) in [4.78, 5) is 13.9. The summed E-state index contributed by atoms with van der Waals surface area (Å²) in [6.07, 6.45) is 0.203. The molecule has 1 saturated heterocycles. The fourth-order valence-corrected chi connectivity index (χ4v) is 2.42. The van der Waals surface area contributed by atoms with E-state index in [1.165, 1.54) is 0 Å². The van der Waals surface area contributed by atoms with Gasteiger partial charge < -0.3 is 10.2 Å². The van der Waals surface area contributed by atoms with Gasteiger partial charge in [-0.05, 0) is 31.2 Å². The third kappa shape index (κ3) is 2.65. The molecular weight excluding hydrogens is 294 g/mol. The van der Waals surface area contributed by atoms with Crippen LogP contribution in [0.3, 0.4) is 0 Å². The van der Waals surface area contributed by atoms with Crippen LogP contribution in [0.2, 0.25) is 0 Å². The van der Waals surface area contributed by atoms with Gasteiger partial charge in [-0.1, -0.05) is 15.9 Å². The van der Waals surface area contributed by atoms with E-state index >= 15 is 0 Å². The van der Waals surface area contributed by atoms with Crippen molar-refractivity contribution in [2.75, 3.05) is 11.4 Å². The van der Waals surface area contributed by atoms with Gasteiger partial charge in [0.05, 0.1) is 12.5 Å². The Hall–Kier alpha value is -1.54. The van der Waals surface area contributed by atoms with Crippen molar-refractivity contribution >= 4 is 27.5 Å². The molecule has 1 aliphatic rings. The predicted octanol–water partition coefficient (Wildman–Crippen LogP) is 2.06. The van der Waals surface area contributed by atoms with Crippen molar-refractivity contribution < 1.29 is 4.79 Å². The van der Waals surface area contributed by atoms with E-state index in [9.17, 15) is 4.79 Å². The van der Waals surface area contributed by atoms with Gasteiger partial charge in [0.15, 0.2) is 0 Å². The van der Waals surface area contributed by atoms with Gasteiger partial charge in [0.25, 0.3) is 0 Å². The fourth-order valence-electron chi connectivity index (χ4n) is 2.16. The topological polar surface area (TPSA) is 56.1 Å². The Bertz CT molecular complexity index is 480. The lowest BCUT2D eigenvalue weighted by molar-refractivity contribution is -0.124. The Morgan fingerprint density at radius 2 is 2.17 bits per heavy atom. The maximum Gasteiger partial charge on any atom is 0.244 e. The molecule has 2 unspecified atom stereocenters. The first-order valence-electron chi connectivity index (χ1n) is 5.81. The SMILES string of the molecule is CC1CN(c2ccc(Br)cc2)C(CC#N)C(=O)N1. The number of carbonyl (C=O) groups excluding carboxylic acids is 1. The highest BCUT2D eigenvalue weighted by Crippen LogP contribution is 2.23. The first-order valence-corrected chi connectivity index (χ1v) is 6.60. The molecule has 1 aromatic carbocycles. The second-order valence-electron chi connectivity index (χ2n) is 4.42. The van der Waals surface area contributed by atoms with E-state index in [1.807, 2.05) is 36.1 Å². The number of rotatable bonds is 2. The molecule has 0 radical (unpaired) electrons. The lowest BCUT2D eigenvalue weighted by atomic mass is 10.1. The predicted molar refractivity (Wildman–Crippen MR) is 73.1 cm³/mol. The summed E-state index contributed by atoms with van der Waals surface area (Å²) < 4.78 is 0.998. The molecule has 18 heavy (non-hydrogen) atoms. The molecule has 1 heterocycles. The zero-order valence-corrected chi connectivity index (χ0v) is 11.6. The minimum atomic E-state index is -0.396. The van der Waals surface area contributed by atoms with E-state index in [0.717, 1.165) is 16.7 Å². The van der Waals surface area contributed by atoms with E-state index in [2.05, 4.69) is 27.3 Å². The molecule has 1 aliphatic heterocycles. The Morgan fingerprint density at radius 1 is 1.50 bits per heavy atom. The van der Waals surface area contributed by atoms with Gasteiger partial charge in [-0.15, -0.1) is 0 Å². The first kappa shape index (κ1) is 12.9. The molecule has 94 valence electrons. The van der Waals surface area contributed by atoms with Gasteiger partial charge in [0.1, 0.15) is 6.04 Å². The minimum Gasteiger partial charge on any atom is -0.357 e. The van der Waals surface area contributed by atoms with Crippen LogP contribution in [-0.4, -0.2) is 24.5 Å². The van der Waals surface area contributed by atoms with E-state index in [4.69, 9.17) is 5.26 Å². The highest BCUT2D eigenvalue weighted by Gasteiger charge is 2.32. The van der Waals surface area contributed by atoms with Crippen molar-refractivity contribution in [3.05, 3.63) is 28.7 Å². The number of piperazine rings is 1. The minimum absolute atomic E-state index is 0.0711. The standard InChI is InChI=1S/C13H14BrN3O/c1-9-8-17(11-4-2-10(14)3-5-11)12(6-7-15)13(18)16-9/h2-5,9,12H,6,8H2,1H3,(H,16,18). The van der Waals surface area contributed by atoms with Crippen molar-refractivity contribution in [1.82, 2.24) is 5.32 Å². The third-order valence-electron chi connectivity index (χ3n) is 2.98. The van der Waals surface area contributed by atoms with Crippen molar-refractivity contribution in [2.45, 2.75) is 25.4 Å². The number of hydrogen-bond donors (Lipinski definition) is 1. The largest absolute Gasteiger partial charge is 0.357 e. The van der Waals surface area contributed by atoms with Crippen LogP contribution in [0, 0.1) is 11.3 Å². The van der Waals surface area contributed by atoms with Crippen LogP contribution in [0.15, 0.2) is 28.7 Å². The lowest BCUT2D eigenvalue weighted by Gasteiger charge is -2.39. The van der Waals surface area contributed by atoms with Gasteiger partial charge in [0.2, 0.25) is 5.91 Å². The third-order valence-corrected chi connectivity index (χ3v) is 3.51. The number of anilines is 1. The number of nitriles is 1. The van der Waals surface area contributed by atoms with Crippen molar-refractivity contribution in [3.63, 3.8) is 0 Å². The zero-order chi connectivity index (χ0) is 13.1.